The molecule has 0 unspecified atom stereocenters. The molecule has 2 atom stereocenters. The van der Waals surface area contributed by atoms with Crippen molar-refractivity contribution in [3.63, 3.8) is 0 Å². The van der Waals surface area contributed by atoms with Gasteiger partial charge in [0.15, 0.2) is 0 Å². The summed E-state index contributed by atoms with van der Waals surface area (Å²) in [7, 11) is 1.77. The Balaban J connectivity index is 1.87. The van der Waals surface area contributed by atoms with Crippen molar-refractivity contribution in [1.82, 2.24) is 10.6 Å². The van der Waals surface area contributed by atoms with Crippen LogP contribution in [-0.2, 0) is 16.0 Å². The highest BCUT2D eigenvalue weighted by molar-refractivity contribution is 5.84. The summed E-state index contributed by atoms with van der Waals surface area (Å²) in [6.45, 7) is 0. The zero-order valence-corrected chi connectivity index (χ0v) is 13.9. The molecule has 1 aromatic rings. The third-order valence-corrected chi connectivity index (χ3v) is 4.70. The molecule has 23 heavy (non-hydrogen) atoms. The van der Waals surface area contributed by atoms with Crippen LogP contribution in [-0.4, -0.2) is 31.3 Å². The third kappa shape index (κ3) is 5.79. The summed E-state index contributed by atoms with van der Waals surface area (Å²) in [5.41, 5.74) is 1.10. The summed E-state index contributed by atoms with van der Waals surface area (Å²) < 4.78 is 0. The molecule has 0 saturated heterocycles. The standard InChI is InChI=1S/C19H27N2O2/c1-20-18(13-16-10-6-3-7-11-16)19(23)21-17(14-22)12-15-8-4-2-5-9-15/h3,6-7,10-11,15,17-18,20H,2,4-5,8-9,12-13H2,1H3,(H,21,23)/t17-,18-/m0/s1. The first kappa shape index (κ1) is 17.7. The number of rotatable bonds is 8. The molecule has 4 nitrogen and oxygen atoms in total. The molecule has 0 aliphatic heterocycles. The highest BCUT2D eigenvalue weighted by Gasteiger charge is 2.24. The van der Waals surface area contributed by atoms with Gasteiger partial charge >= 0.3 is 0 Å². The van der Waals surface area contributed by atoms with Crippen molar-refractivity contribution in [2.45, 2.75) is 57.0 Å². The lowest BCUT2D eigenvalue weighted by Gasteiger charge is -2.25. The van der Waals surface area contributed by atoms with Gasteiger partial charge in [0.1, 0.15) is 0 Å². The predicted octanol–water partition coefficient (Wildman–Crippen LogP) is 2.38. The van der Waals surface area contributed by atoms with Crippen molar-refractivity contribution < 1.29 is 9.59 Å². The average Bonchev–Trinajstić information content (AvgIpc) is 2.60. The topological polar surface area (TPSA) is 58.2 Å². The lowest BCUT2D eigenvalue weighted by Crippen LogP contribution is -2.48. The van der Waals surface area contributed by atoms with E-state index < -0.39 is 6.04 Å². The van der Waals surface area contributed by atoms with Crippen molar-refractivity contribution in [3.05, 3.63) is 35.9 Å². The second kappa shape index (κ2) is 9.46. The number of benzene rings is 1. The normalized spacial score (nSPS) is 18.1. The number of nitrogens with one attached hydrogen (secondary N) is 2. The fraction of sp³-hybridized carbons (Fsp3) is 0.579. The minimum atomic E-state index is -0.489. The molecule has 0 spiro atoms. The Kier molecular flexibility index (Phi) is 7.27. The monoisotopic (exact) mass is 315 g/mol. The number of carbonyl (C=O) groups is 1. The Labute approximate surface area is 139 Å². The molecule has 1 fully saturated rings. The number of hydrogen-bond donors (Lipinski definition) is 2. The molecule has 1 amide bonds. The molecular formula is C19H27N2O2. The first-order chi connectivity index (χ1) is 11.2. The van der Waals surface area contributed by atoms with Crippen molar-refractivity contribution in [3.8, 4) is 0 Å². The molecule has 0 bridgehead atoms. The Morgan fingerprint density at radius 1 is 1.22 bits per heavy atom. The van der Waals surface area contributed by atoms with E-state index in [-0.39, 0.29) is 11.9 Å². The summed E-state index contributed by atoms with van der Waals surface area (Å²) in [6.07, 6.45) is 9.42. The maximum absolute atomic E-state index is 12.4. The van der Waals surface area contributed by atoms with Gasteiger partial charge in [0.2, 0.25) is 12.2 Å². The quantitative estimate of drug-likeness (QED) is 0.774. The molecule has 1 aromatic carbocycles. The van der Waals surface area contributed by atoms with E-state index in [4.69, 9.17) is 0 Å². The molecule has 0 heterocycles. The number of hydrogen-bond acceptors (Lipinski definition) is 3. The van der Waals surface area contributed by atoms with E-state index in [2.05, 4.69) is 10.6 Å². The van der Waals surface area contributed by atoms with Crippen molar-refractivity contribution in [2.75, 3.05) is 7.05 Å². The molecule has 1 aliphatic rings. The van der Waals surface area contributed by atoms with Gasteiger partial charge < -0.3 is 10.6 Å². The van der Waals surface area contributed by atoms with Crippen LogP contribution in [0, 0.1) is 5.92 Å². The van der Waals surface area contributed by atoms with Crippen LogP contribution in [0.4, 0.5) is 0 Å². The summed E-state index contributed by atoms with van der Waals surface area (Å²) in [4.78, 5) is 23.7. The van der Waals surface area contributed by atoms with E-state index in [0.717, 1.165) is 24.8 Å². The molecule has 125 valence electrons. The molecule has 1 radical (unpaired) electrons. The first-order valence-corrected chi connectivity index (χ1v) is 8.62. The molecule has 1 aliphatic carbocycles. The Morgan fingerprint density at radius 2 is 1.91 bits per heavy atom. The second-order valence-corrected chi connectivity index (χ2v) is 6.45. The Bertz CT molecular complexity index is 483. The molecule has 2 N–H and O–H groups in total. The smallest absolute Gasteiger partial charge is 0.238 e. The zero-order valence-electron chi connectivity index (χ0n) is 13.9. The Morgan fingerprint density at radius 3 is 2.52 bits per heavy atom. The van der Waals surface area contributed by atoms with Crippen LogP contribution in [0.3, 0.4) is 0 Å². The highest BCUT2D eigenvalue weighted by Crippen LogP contribution is 2.27. The van der Waals surface area contributed by atoms with Crippen LogP contribution in [0.5, 0.6) is 0 Å². The molecule has 4 heteroatoms. The first-order valence-electron chi connectivity index (χ1n) is 8.62. The fourth-order valence-electron chi connectivity index (χ4n) is 3.34. The van der Waals surface area contributed by atoms with E-state index in [1.165, 1.54) is 19.3 Å². The van der Waals surface area contributed by atoms with Gasteiger partial charge in [0, 0.05) is 0 Å². The minimum Gasteiger partial charge on any atom is -0.344 e. The van der Waals surface area contributed by atoms with E-state index in [1.807, 2.05) is 36.6 Å². The van der Waals surface area contributed by atoms with Crippen LogP contribution in [0.25, 0.3) is 0 Å². The van der Waals surface area contributed by atoms with Gasteiger partial charge in [0.05, 0.1) is 12.1 Å². The van der Waals surface area contributed by atoms with Gasteiger partial charge in [-0.05, 0) is 31.4 Å². The average molecular weight is 315 g/mol. The number of amides is 1. The van der Waals surface area contributed by atoms with Gasteiger partial charge in [-0.25, -0.2) is 0 Å². The molecule has 2 rings (SSSR count). The lowest BCUT2D eigenvalue weighted by atomic mass is 9.85. The van der Waals surface area contributed by atoms with Crippen LogP contribution < -0.4 is 10.6 Å². The van der Waals surface area contributed by atoms with Gasteiger partial charge in [-0.15, -0.1) is 0 Å². The zero-order chi connectivity index (χ0) is 16.5. The second-order valence-electron chi connectivity index (χ2n) is 6.45. The third-order valence-electron chi connectivity index (χ3n) is 4.70. The van der Waals surface area contributed by atoms with Crippen LogP contribution in [0.15, 0.2) is 30.3 Å². The van der Waals surface area contributed by atoms with Crippen LogP contribution in [0.2, 0.25) is 0 Å². The van der Waals surface area contributed by atoms with Crippen molar-refractivity contribution >= 4 is 12.2 Å². The maximum Gasteiger partial charge on any atom is 0.238 e. The van der Waals surface area contributed by atoms with E-state index in [9.17, 15) is 9.59 Å². The summed E-state index contributed by atoms with van der Waals surface area (Å²) >= 11 is 0. The summed E-state index contributed by atoms with van der Waals surface area (Å²) in [5.74, 6) is 0.415. The van der Waals surface area contributed by atoms with Gasteiger partial charge in [-0.1, -0.05) is 62.4 Å². The summed E-state index contributed by atoms with van der Waals surface area (Å²) in [6, 6.07) is 9.07. The fourth-order valence-corrected chi connectivity index (χ4v) is 3.34. The van der Waals surface area contributed by atoms with Gasteiger partial charge in [-0.2, -0.15) is 0 Å². The SMILES string of the molecule is CN[C@@H](Cc1ccccc1)C(=O)N[C@H]([C]=O)CC1CCCCC1. The lowest BCUT2D eigenvalue weighted by molar-refractivity contribution is -0.123. The predicted molar refractivity (Wildman–Crippen MR) is 91.8 cm³/mol. The van der Waals surface area contributed by atoms with Crippen LogP contribution >= 0.6 is 0 Å². The van der Waals surface area contributed by atoms with E-state index in [0.29, 0.717) is 12.3 Å². The van der Waals surface area contributed by atoms with Gasteiger partial charge in [-0.3, -0.25) is 9.59 Å². The maximum atomic E-state index is 12.4. The highest BCUT2D eigenvalue weighted by atomic mass is 16.2. The van der Waals surface area contributed by atoms with Crippen LogP contribution in [0.1, 0.15) is 44.1 Å². The number of carbonyl (C=O) groups excluding carboxylic acids is 2. The Hall–Kier alpha value is -1.68. The molecule has 1 saturated carbocycles. The summed E-state index contributed by atoms with van der Waals surface area (Å²) in [5, 5.41) is 5.90. The van der Waals surface area contributed by atoms with Gasteiger partial charge in [0.25, 0.3) is 0 Å². The van der Waals surface area contributed by atoms with Crippen molar-refractivity contribution in [1.29, 1.82) is 0 Å². The minimum absolute atomic E-state index is 0.125. The van der Waals surface area contributed by atoms with E-state index in [1.54, 1.807) is 7.05 Å². The largest absolute Gasteiger partial charge is 0.344 e. The van der Waals surface area contributed by atoms with E-state index >= 15 is 0 Å². The molecular weight excluding hydrogens is 288 g/mol. The number of likely N-dealkylation sites (N-methyl/N-ethyl adjacent to an activating group) is 1. The molecule has 0 aromatic heterocycles. The van der Waals surface area contributed by atoms with Crippen molar-refractivity contribution in [2.24, 2.45) is 5.92 Å².